The summed E-state index contributed by atoms with van der Waals surface area (Å²) in [5, 5.41) is 23.5. The van der Waals surface area contributed by atoms with E-state index >= 15 is 0 Å². The number of likely N-dealkylation sites (N-methyl/N-ethyl adjacent to an activating group) is 2. The Morgan fingerprint density at radius 1 is 1.00 bits per heavy atom. The van der Waals surface area contributed by atoms with Crippen LogP contribution in [0.4, 0.5) is 5.69 Å². The summed E-state index contributed by atoms with van der Waals surface area (Å²) in [6.07, 6.45) is 2.30. The van der Waals surface area contributed by atoms with Crippen LogP contribution in [0.3, 0.4) is 0 Å². The molecule has 0 aromatic heterocycles. The van der Waals surface area contributed by atoms with Gasteiger partial charge in [0.25, 0.3) is 0 Å². The normalized spacial score (nSPS) is 19.3. The number of phenols is 1. The molecule has 1 heterocycles. The third-order valence-corrected chi connectivity index (χ3v) is 10.9. The van der Waals surface area contributed by atoms with Crippen LogP contribution in [0.1, 0.15) is 61.4 Å². The third kappa shape index (κ3) is 6.99. The number of rotatable bonds is 12. The fourth-order valence-corrected chi connectivity index (χ4v) is 8.22. The molecule has 2 N–H and O–H groups in total. The van der Waals surface area contributed by atoms with E-state index in [9.17, 15) is 15.2 Å². The highest BCUT2D eigenvalue weighted by Crippen LogP contribution is 2.45. The highest BCUT2D eigenvalue weighted by Gasteiger charge is 2.49. The van der Waals surface area contributed by atoms with E-state index < -0.39 is 5.41 Å². The number of nitrogens with one attached hydrogen (secondary N) is 1. The maximum absolute atomic E-state index is 14.4. The van der Waals surface area contributed by atoms with E-state index in [2.05, 4.69) is 85.9 Å². The van der Waals surface area contributed by atoms with Gasteiger partial charge in [0.1, 0.15) is 11.2 Å². The third-order valence-electron chi connectivity index (χ3n) is 10.9. The number of benzene rings is 4. The average Bonchev–Trinajstić information content (AvgIpc) is 3.13. The first-order chi connectivity index (χ1) is 24.0. The molecule has 1 saturated heterocycles. The number of carbonyl (C=O) groups is 1. The molecular formula is C43H51N5O2. The molecule has 0 radical (unpaired) electrons. The molecule has 4 aromatic carbocycles. The highest BCUT2D eigenvalue weighted by molar-refractivity contribution is 5.92. The minimum Gasteiger partial charge on any atom is -0.508 e. The van der Waals surface area contributed by atoms with Crippen LogP contribution in [0.2, 0.25) is 0 Å². The monoisotopic (exact) mass is 669 g/mol. The molecule has 3 atom stereocenters. The molecule has 5 rings (SSSR count). The van der Waals surface area contributed by atoms with Crippen LogP contribution in [-0.2, 0) is 22.0 Å². The summed E-state index contributed by atoms with van der Waals surface area (Å²) in [7, 11) is 5.77. The molecule has 1 amide bonds. The van der Waals surface area contributed by atoms with Gasteiger partial charge in [-0.2, -0.15) is 5.26 Å². The van der Waals surface area contributed by atoms with Crippen molar-refractivity contribution in [2.75, 3.05) is 39.5 Å². The Labute approximate surface area is 298 Å². The van der Waals surface area contributed by atoms with E-state index in [1.54, 1.807) is 23.1 Å². The van der Waals surface area contributed by atoms with E-state index in [1.807, 2.05) is 68.7 Å². The van der Waals surface area contributed by atoms with E-state index in [4.69, 9.17) is 0 Å². The summed E-state index contributed by atoms with van der Waals surface area (Å²) in [4.78, 5) is 20.9. The van der Waals surface area contributed by atoms with Crippen molar-refractivity contribution in [1.82, 2.24) is 14.7 Å². The van der Waals surface area contributed by atoms with Gasteiger partial charge in [-0.25, -0.2) is 0 Å². The molecule has 1 aliphatic rings. The average molecular weight is 670 g/mol. The predicted octanol–water partition coefficient (Wildman–Crippen LogP) is 7.53. The zero-order valence-electron chi connectivity index (χ0n) is 30.4. The summed E-state index contributed by atoms with van der Waals surface area (Å²) in [6.45, 7) is 12.8. The molecule has 1 fully saturated rings. The minimum absolute atomic E-state index is 0.0454. The van der Waals surface area contributed by atoms with Crippen molar-refractivity contribution >= 4 is 11.6 Å². The van der Waals surface area contributed by atoms with Gasteiger partial charge < -0.3 is 20.2 Å². The summed E-state index contributed by atoms with van der Waals surface area (Å²) in [6, 6.07) is 35.7. The molecular weight excluding hydrogens is 619 g/mol. The maximum Gasteiger partial charge on any atom is 0.237 e. The van der Waals surface area contributed by atoms with Crippen LogP contribution >= 0.6 is 0 Å². The van der Waals surface area contributed by atoms with Crippen molar-refractivity contribution in [3.8, 4) is 11.8 Å². The molecule has 7 nitrogen and oxygen atoms in total. The second-order valence-corrected chi connectivity index (χ2v) is 14.0. The van der Waals surface area contributed by atoms with Gasteiger partial charge in [0.15, 0.2) is 0 Å². The first-order valence-electron chi connectivity index (χ1n) is 17.5. The van der Waals surface area contributed by atoms with Gasteiger partial charge in [-0.15, -0.1) is 0 Å². The quantitative estimate of drug-likeness (QED) is 0.162. The zero-order chi connectivity index (χ0) is 36.1. The van der Waals surface area contributed by atoms with E-state index in [0.29, 0.717) is 18.5 Å². The number of phenolic OH excluding ortho intramolecular Hbond substituents is 1. The summed E-state index contributed by atoms with van der Waals surface area (Å²) >= 11 is 0. The van der Waals surface area contributed by atoms with Crippen LogP contribution in [0.25, 0.3) is 0 Å². The molecule has 0 saturated carbocycles. The van der Waals surface area contributed by atoms with Crippen molar-refractivity contribution in [2.24, 2.45) is 0 Å². The summed E-state index contributed by atoms with van der Waals surface area (Å²) < 4.78 is 0. The van der Waals surface area contributed by atoms with Crippen molar-refractivity contribution in [1.29, 1.82) is 5.26 Å². The lowest BCUT2D eigenvalue weighted by atomic mass is 9.65. The number of likely N-dealkylation sites (tertiary alicyclic amines) is 1. The van der Waals surface area contributed by atoms with Crippen LogP contribution in [0.5, 0.6) is 5.75 Å². The number of aromatic hydroxyl groups is 1. The molecule has 50 heavy (non-hydrogen) atoms. The Morgan fingerprint density at radius 3 is 2.14 bits per heavy atom. The molecule has 1 unspecified atom stereocenters. The number of piperidine rings is 1. The molecule has 4 aromatic rings. The maximum atomic E-state index is 14.4. The predicted molar refractivity (Wildman–Crippen MR) is 203 cm³/mol. The van der Waals surface area contributed by atoms with Gasteiger partial charge >= 0.3 is 0 Å². The van der Waals surface area contributed by atoms with Crippen LogP contribution < -0.4 is 5.32 Å². The van der Waals surface area contributed by atoms with Gasteiger partial charge in [-0.3, -0.25) is 9.69 Å². The molecule has 0 bridgehead atoms. The smallest absolute Gasteiger partial charge is 0.237 e. The van der Waals surface area contributed by atoms with E-state index in [1.165, 1.54) is 5.56 Å². The number of nitrogens with zero attached hydrogens (tertiary/aromatic N) is 4. The van der Waals surface area contributed by atoms with Crippen molar-refractivity contribution in [3.05, 3.63) is 143 Å². The number of aryl methyl sites for hydroxylation is 1. The second kappa shape index (κ2) is 15.2. The van der Waals surface area contributed by atoms with Gasteiger partial charge in [0.05, 0.1) is 23.5 Å². The molecule has 260 valence electrons. The standard InChI is InChI=1S/C43H51N5O2/c1-8-34-21-24-38(49)29-39(34)42(4)25-27-48(31(2)40(42)47(7)32(3)45-37-22-19-33(30-44)20-23-37)28-26-43(41(50)46(5)6,35-15-11-9-12-16-35)36-17-13-10-14-18-36/h9-24,29,31,40,45,49H,3,8,25-28H2,1-2,4-7H3/t31?,40-,42+/m0/s1. The SMILES string of the molecule is C=C(Nc1ccc(C#N)cc1)N(C)[C@H]1C(C)N(CCC(C(=O)N(C)C)(c2ccccc2)c2ccccc2)CC[C@]1(C)c1cc(O)ccc1CC. The molecule has 1 aliphatic heterocycles. The first-order valence-corrected chi connectivity index (χ1v) is 17.5. The highest BCUT2D eigenvalue weighted by atomic mass is 16.3. The number of hydrogen-bond donors (Lipinski definition) is 2. The van der Waals surface area contributed by atoms with Gasteiger partial charge in [-0.05, 0) is 91.4 Å². The first kappa shape index (κ1) is 36.2. The molecule has 0 spiro atoms. The second-order valence-electron chi connectivity index (χ2n) is 14.0. The Morgan fingerprint density at radius 2 is 1.60 bits per heavy atom. The Balaban J connectivity index is 1.54. The van der Waals surface area contributed by atoms with Crippen molar-refractivity contribution in [2.45, 2.75) is 62.9 Å². The fraction of sp³-hybridized carbons (Fsp3) is 0.349. The van der Waals surface area contributed by atoms with Crippen molar-refractivity contribution in [3.63, 3.8) is 0 Å². The summed E-state index contributed by atoms with van der Waals surface area (Å²) in [5.74, 6) is 1.07. The van der Waals surface area contributed by atoms with E-state index in [0.717, 1.165) is 47.6 Å². The van der Waals surface area contributed by atoms with Crippen LogP contribution in [0.15, 0.2) is 116 Å². The summed E-state index contributed by atoms with van der Waals surface area (Å²) in [5.41, 5.74) is 4.60. The number of nitriles is 1. The topological polar surface area (TPSA) is 82.8 Å². The van der Waals surface area contributed by atoms with Crippen LogP contribution in [0, 0.1) is 11.3 Å². The Bertz CT molecular complexity index is 1780. The molecule has 7 heteroatoms. The largest absolute Gasteiger partial charge is 0.508 e. The number of anilines is 1. The van der Waals surface area contributed by atoms with Gasteiger partial charge in [0, 0.05) is 44.8 Å². The lowest BCUT2D eigenvalue weighted by Gasteiger charge is -2.55. The Hall–Kier alpha value is -5.06. The zero-order valence-corrected chi connectivity index (χ0v) is 30.4. The number of carbonyl (C=O) groups excluding carboxylic acids is 1. The lowest BCUT2D eigenvalue weighted by molar-refractivity contribution is -0.134. The molecule has 0 aliphatic carbocycles. The lowest BCUT2D eigenvalue weighted by Crippen LogP contribution is -2.64. The fourth-order valence-electron chi connectivity index (χ4n) is 8.22. The number of hydrogen-bond acceptors (Lipinski definition) is 6. The minimum atomic E-state index is -0.866. The van der Waals surface area contributed by atoms with Crippen LogP contribution in [-0.4, -0.2) is 72.0 Å². The number of amides is 1. The van der Waals surface area contributed by atoms with Gasteiger partial charge in [0.2, 0.25) is 5.91 Å². The van der Waals surface area contributed by atoms with E-state index in [-0.39, 0.29) is 29.2 Å². The Kier molecular flexibility index (Phi) is 11.0. The van der Waals surface area contributed by atoms with Gasteiger partial charge in [-0.1, -0.05) is 87.2 Å². The van der Waals surface area contributed by atoms with Crippen molar-refractivity contribution < 1.29 is 9.90 Å².